The van der Waals surface area contributed by atoms with Crippen molar-refractivity contribution >= 4 is 5.97 Å². The SMILES string of the molecule is CC(C)[C@@H]1CC[C@@H](C)C[C@H]1O[C@@H]1OC(=O)C[C@H]1[C@@H]1CCCN1C(C)C. The Morgan fingerprint density at radius 2 is 1.92 bits per heavy atom. The number of carbonyl (C=O) groups excluding carboxylic acids is 1. The van der Waals surface area contributed by atoms with Crippen LogP contribution in [-0.4, -0.2) is 41.9 Å². The van der Waals surface area contributed by atoms with Crippen molar-refractivity contribution in [2.24, 2.45) is 23.7 Å². The third-order valence-corrected chi connectivity index (χ3v) is 6.77. The molecule has 144 valence electrons. The summed E-state index contributed by atoms with van der Waals surface area (Å²) in [4.78, 5) is 14.6. The molecule has 2 heterocycles. The number of esters is 1. The molecule has 1 aliphatic carbocycles. The minimum atomic E-state index is -0.339. The van der Waals surface area contributed by atoms with Crippen molar-refractivity contribution in [3.8, 4) is 0 Å². The number of nitrogens with zero attached hydrogens (tertiary/aromatic N) is 1. The van der Waals surface area contributed by atoms with E-state index >= 15 is 0 Å². The van der Waals surface area contributed by atoms with E-state index in [2.05, 4.69) is 39.5 Å². The molecular formula is C21H37NO3. The highest BCUT2D eigenvalue weighted by Gasteiger charge is 2.47. The summed E-state index contributed by atoms with van der Waals surface area (Å²) in [6.07, 6.45) is 6.42. The molecule has 0 bridgehead atoms. The number of carbonyl (C=O) groups is 1. The van der Waals surface area contributed by atoms with Gasteiger partial charge >= 0.3 is 5.97 Å². The molecule has 2 aliphatic heterocycles. The maximum absolute atomic E-state index is 12.1. The lowest BCUT2D eigenvalue weighted by Gasteiger charge is -2.40. The van der Waals surface area contributed by atoms with Crippen LogP contribution in [0.1, 0.15) is 73.1 Å². The van der Waals surface area contributed by atoms with Crippen molar-refractivity contribution in [2.45, 2.75) is 97.6 Å². The second kappa shape index (κ2) is 7.96. The third-order valence-electron chi connectivity index (χ3n) is 6.77. The Morgan fingerprint density at radius 3 is 2.60 bits per heavy atom. The molecule has 0 aromatic carbocycles. The molecule has 6 atom stereocenters. The second-order valence-corrected chi connectivity index (χ2v) is 9.27. The van der Waals surface area contributed by atoms with Gasteiger partial charge < -0.3 is 9.47 Å². The first-order chi connectivity index (χ1) is 11.9. The highest BCUT2D eigenvalue weighted by molar-refractivity contribution is 5.72. The molecule has 4 heteroatoms. The fourth-order valence-corrected chi connectivity index (χ4v) is 5.36. The fourth-order valence-electron chi connectivity index (χ4n) is 5.36. The summed E-state index contributed by atoms with van der Waals surface area (Å²) < 4.78 is 12.2. The number of hydrogen-bond donors (Lipinski definition) is 0. The zero-order valence-electron chi connectivity index (χ0n) is 16.7. The Balaban J connectivity index is 1.71. The molecule has 2 saturated heterocycles. The predicted molar refractivity (Wildman–Crippen MR) is 99.1 cm³/mol. The van der Waals surface area contributed by atoms with E-state index in [1.54, 1.807) is 0 Å². The Bertz CT molecular complexity index is 464. The Morgan fingerprint density at radius 1 is 1.16 bits per heavy atom. The van der Waals surface area contributed by atoms with Gasteiger partial charge in [0.25, 0.3) is 0 Å². The maximum atomic E-state index is 12.1. The fraction of sp³-hybridized carbons (Fsp3) is 0.952. The Hall–Kier alpha value is -0.610. The maximum Gasteiger partial charge on any atom is 0.308 e. The number of hydrogen-bond acceptors (Lipinski definition) is 4. The van der Waals surface area contributed by atoms with Crippen molar-refractivity contribution < 1.29 is 14.3 Å². The van der Waals surface area contributed by atoms with Crippen LogP contribution in [0.5, 0.6) is 0 Å². The highest BCUT2D eigenvalue weighted by Crippen LogP contribution is 2.40. The first kappa shape index (κ1) is 19.2. The standard InChI is InChI=1S/C21H37NO3/c1-13(2)16-9-8-15(5)11-19(16)24-21-17(12-20(23)25-21)18-7-6-10-22(18)14(3)4/h13-19,21H,6-12H2,1-5H3/t15-,16+,17+,18+,19-,21-/m1/s1. The molecule has 0 spiro atoms. The highest BCUT2D eigenvalue weighted by atomic mass is 16.7. The lowest BCUT2D eigenvalue weighted by molar-refractivity contribution is -0.200. The van der Waals surface area contributed by atoms with Gasteiger partial charge in [-0.15, -0.1) is 0 Å². The minimum absolute atomic E-state index is 0.0736. The van der Waals surface area contributed by atoms with Crippen molar-refractivity contribution in [1.29, 1.82) is 0 Å². The van der Waals surface area contributed by atoms with Crippen molar-refractivity contribution in [2.75, 3.05) is 6.54 Å². The van der Waals surface area contributed by atoms with Crippen molar-refractivity contribution in [3.05, 3.63) is 0 Å². The van der Waals surface area contributed by atoms with Crippen LogP contribution >= 0.6 is 0 Å². The van der Waals surface area contributed by atoms with Gasteiger partial charge in [-0.2, -0.15) is 0 Å². The zero-order chi connectivity index (χ0) is 18.1. The van der Waals surface area contributed by atoms with E-state index < -0.39 is 0 Å². The van der Waals surface area contributed by atoms with E-state index in [0.29, 0.717) is 36.3 Å². The van der Waals surface area contributed by atoms with Crippen LogP contribution < -0.4 is 0 Å². The van der Waals surface area contributed by atoms with Crippen molar-refractivity contribution in [3.63, 3.8) is 0 Å². The normalized spacial score (nSPS) is 40.2. The van der Waals surface area contributed by atoms with Gasteiger partial charge in [-0.25, -0.2) is 0 Å². The minimum Gasteiger partial charge on any atom is -0.435 e. The molecule has 4 nitrogen and oxygen atoms in total. The van der Waals surface area contributed by atoms with E-state index in [0.717, 1.165) is 19.4 Å². The summed E-state index contributed by atoms with van der Waals surface area (Å²) in [7, 11) is 0. The molecule has 0 N–H and O–H groups in total. The van der Waals surface area contributed by atoms with Gasteiger partial charge in [-0.1, -0.05) is 27.2 Å². The lowest BCUT2D eigenvalue weighted by Crippen LogP contribution is -2.45. The van der Waals surface area contributed by atoms with Crippen LogP contribution in [0.3, 0.4) is 0 Å². The van der Waals surface area contributed by atoms with Gasteiger partial charge in [0.05, 0.1) is 12.5 Å². The summed E-state index contributed by atoms with van der Waals surface area (Å²) in [6.45, 7) is 12.6. The largest absolute Gasteiger partial charge is 0.435 e. The first-order valence-electron chi connectivity index (χ1n) is 10.5. The predicted octanol–water partition coefficient (Wildman–Crippen LogP) is 4.23. The summed E-state index contributed by atoms with van der Waals surface area (Å²) in [6, 6.07) is 0.942. The number of rotatable bonds is 5. The molecule has 3 aliphatic rings. The van der Waals surface area contributed by atoms with Gasteiger partial charge in [-0.05, 0) is 63.8 Å². The molecule has 3 rings (SSSR count). The molecule has 0 aromatic rings. The van der Waals surface area contributed by atoms with Crippen LogP contribution in [0.15, 0.2) is 0 Å². The zero-order valence-corrected chi connectivity index (χ0v) is 16.7. The third kappa shape index (κ3) is 4.21. The number of likely N-dealkylation sites (tertiary alicyclic amines) is 1. The van der Waals surface area contributed by atoms with Crippen LogP contribution in [0, 0.1) is 23.7 Å². The van der Waals surface area contributed by atoms with Crippen LogP contribution in [0.4, 0.5) is 0 Å². The summed E-state index contributed by atoms with van der Waals surface area (Å²) in [5.74, 6) is 2.03. The molecule has 0 unspecified atom stereocenters. The number of cyclic esters (lactones) is 1. The molecule has 0 radical (unpaired) electrons. The van der Waals surface area contributed by atoms with E-state index in [-0.39, 0.29) is 24.3 Å². The van der Waals surface area contributed by atoms with Crippen LogP contribution in [0.2, 0.25) is 0 Å². The quantitative estimate of drug-likeness (QED) is 0.695. The molecule has 3 fully saturated rings. The smallest absolute Gasteiger partial charge is 0.308 e. The summed E-state index contributed by atoms with van der Waals surface area (Å²) >= 11 is 0. The van der Waals surface area contributed by atoms with Crippen LogP contribution in [-0.2, 0) is 14.3 Å². The van der Waals surface area contributed by atoms with Gasteiger partial charge in [0.15, 0.2) is 0 Å². The van der Waals surface area contributed by atoms with Gasteiger partial charge in [0, 0.05) is 18.0 Å². The van der Waals surface area contributed by atoms with Gasteiger partial charge in [0.1, 0.15) is 0 Å². The topological polar surface area (TPSA) is 38.8 Å². The average Bonchev–Trinajstić information content (AvgIpc) is 3.13. The molecule has 1 saturated carbocycles. The second-order valence-electron chi connectivity index (χ2n) is 9.27. The lowest BCUT2D eigenvalue weighted by atomic mass is 9.75. The number of ether oxygens (including phenoxy) is 2. The van der Waals surface area contributed by atoms with Crippen LogP contribution in [0.25, 0.3) is 0 Å². The van der Waals surface area contributed by atoms with E-state index in [4.69, 9.17) is 9.47 Å². The van der Waals surface area contributed by atoms with Gasteiger partial charge in [-0.3, -0.25) is 9.69 Å². The Kier molecular flexibility index (Phi) is 6.10. The van der Waals surface area contributed by atoms with E-state index in [9.17, 15) is 4.79 Å². The Labute approximate surface area is 153 Å². The summed E-state index contributed by atoms with van der Waals surface area (Å²) in [5.41, 5.74) is 0. The molecule has 25 heavy (non-hydrogen) atoms. The van der Waals surface area contributed by atoms with E-state index in [1.807, 2.05) is 0 Å². The van der Waals surface area contributed by atoms with Crippen molar-refractivity contribution in [1.82, 2.24) is 4.90 Å². The molecule has 0 aromatic heterocycles. The molecule has 0 amide bonds. The van der Waals surface area contributed by atoms with Gasteiger partial charge in [0.2, 0.25) is 6.29 Å². The monoisotopic (exact) mass is 351 g/mol. The van der Waals surface area contributed by atoms with E-state index in [1.165, 1.54) is 19.3 Å². The summed E-state index contributed by atoms with van der Waals surface area (Å²) in [5, 5.41) is 0. The first-order valence-corrected chi connectivity index (χ1v) is 10.5. The molecular weight excluding hydrogens is 314 g/mol. The average molecular weight is 352 g/mol.